The van der Waals surface area contributed by atoms with Gasteiger partial charge in [-0.25, -0.2) is 0 Å². The van der Waals surface area contributed by atoms with Gasteiger partial charge in [-0.3, -0.25) is 9.59 Å². The number of benzene rings is 2. The van der Waals surface area contributed by atoms with Crippen molar-refractivity contribution in [3.8, 4) is 28.7 Å². The van der Waals surface area contributed by atoms with Crippen LogP contribution in [0.3, 0.4) is 0 Å². The lowest BCUT2D eigenvalue weighted by Gasteiger charge is -2.40. The molecule has 3 N–H and O–H groups in total. The summed E-state index contributed by atoms with van der Waals surface area (Å²) in [6.45, 7) is 3.21. The highest BCUT2D eigenvalue weighted by Crippen LogP contribution is 2.50. The third-order valence-electron chi connectivity index (χ3n) is 9.00. The SMILES string of the molecule is CC(O)CNC(=O)C1CCC([C@H]2C[C@@H](NC(=O)[C@@]3(C)COc4cc5c(cc43)OC(F)(F)O5)c3ccc(OC(F)(F)F)cc3O2)CC1. The van der Waals surface area contributed by atoms with Crippen LogP contribution in [0.1, 0.15) is 63.1 Å². The van der Waals surface area contributed by atoms with E-state index in [1.165, 1.54) is 18.2 Å². The topological polar surface area (TPSA) is 125 Å². The molecule has 4 atom stereocenters. The molecule has 6 rings (SSSR count). The number of rotatable bonds is 7. The molecule has 4 aliphatic rings. The molecule has 15 heteroatoms. The number of carbonyl (C=O) groups is 2. The van der Waals surface area contributed by atoms with E-state index in [4.69, 9.17) is 9.47 Å². The molecule has 0 bridgehead atoms. The number of fused-ring (bicyclic) bond motifs is 3. The minimum atomic E-state index is -4.92. The van der Waals surface area contributed by atoms with Crippen molar-refractivity contribution in [1.29, 1.82) is 0 Å². The molecule has 0 spiro atoms. The number of aliphatic hydroxyl groups is 1. The first-order valence-electron chi connectivity index (χ1n) is 15.0. The minimum absolute atomic E-state index is 0.0620. The monoisotopic (exact) mass is 656 g/mol. The van der Waals surface area contributed by atoms with Crippen molar-refractivity contribution in [2.24, 2.45) is 11.8 Å². The number of carbonyl (C=O) groups excluding carboxylic acids is 2. The lowest BCUT2D eigenvalue weighted by atomic mass is 9.76. The smallest absolute Gasteiger partial charge is 0.492 e. The number of nitrogens with one attached hydrogen (secondary N) is 2. The Morgan fingerprint density at radius 3 is 2.41 bits per heavy atom. The summed E-state index contributed by atoms with van der Waals surface area (Å²) in [4.78, 5) is 26.5. The maximum atomic E-state index is 13.9. The third kappa shape index (κ3) is 6.46. The zero-order valence-electron chi connectivity index (χ0n) is 24.9. The van der Waals surface area contributed by atoms with Gasteiger partial charge in [-0.15, -0.1) is 22.0 Å². The molecule has 3 heterocycles. The molecular weight excluding hydrogens is 623 g/mol. The second-order valence-electron chi connectivity index (χ2n) is 12.5. The molecular formula is C31H33F5N2O8. The maximum absolute atomic E-state index is 13.9. The molecule has 1 aliphatic carbocycles. The fourth-order valence-corrected chi connectivity index (χ4v) is 6.58. The zero-order chi connectivity index (χ0) is 33.0. The van der Waals surface area contributed by atoms with Crippen LogP contribution >= 0.6 is 0 Å². The van der Waals surface area contributed by atoms with Gasteiger partial charge < -0.3 is 39.4 Å². The molecule has 10 nitrogen and oxygen atoms in total. The van der Waals surface area contributed by atoms with Crippen molar-refractivity contribution in [3.63, 3.8) is 0 Å². The molecule has 3 aliphatic heterocycles. The number of alkyl halides is 5. The normalized spacial score (nSPS) is 28.2. The lowest BCUT2D eigenvalue weighted by molar-refractivity contribution is -0.286. The Labute approximate surface area is 260 Å². The summed E-state index contributed by atoms with van der Waals surface area (Å²) in [7, 11) is 0. The van der Waals surface area contributed by atoms with Crippen LogP contribution in [-0.4, -0.2) is 54.9 Å². The number of hydrogen-bond acceptors (Lipinski definition) is 8. The second-order valence-corrected chi connectivity index (χ2v) is 12.5. The van der Waals surface area contributed by atoms with Crippen LogP contribution < -0.4 is 34.3 Å². The van der Waals surface area contributed by atoms with E-state index in [9.17, 15) is 36.6 Å². The highest BCUT2D eigenvalue weighted by Gasteiger charge is 2.50. The van der Waals surface area contributed by atoms with E-state index in [-0.39, 0.29) is 53.9 Å². The van der Waals surface area contributed by atoms with E-state index in [2.05, 4.69) is 24.8 Å². The first-order chi connectivity index (χ1) is 21.6. The maximum Gasteiger partial charge on any atom is 0.586 e. The van der Waals surface area contributed by atoms with Crippen LogP contribution in [-0.2, 0) is 15.0 Å². The number of amides is 2. The summed E-state index contributed by atoms with van der Waals surface area (Å²) in [5, 5.41) is 15.2. The molecule has 2 aromatic rings. The minimum Gasteiger partial charge on any atom is -0.492 e. The van der Waals surface area contributed by atoms with Crippen molar-refractivity contribution >= 4 is 11.8 Å². The van der Waals surface area contributed by atoms with Crippen molar-refractivity contribution in [1.82, 2.24) is 10.6 Å². The van der Waals surface area contributed by atoms with E-state index in [0.29, 0.717) is 43.2 Å². The summed E-state index contributed by atoms with van der Waals surface area (Å²) >= 11 is 0. The first kappa shape index (κ1) is 32.0. The number of halogens is 5. The van der Waals surface area contributed by atoms with Gasteiger partial charge >= 0.3 is 12.7 Å². The third-order valence-corrected chi connectivity index (χ3v) is 9.00. The fraction of sp³-hybridized carbons (Fsp3) is 0.548. The second kappa shape index (κ2) is 11.7. The molecule has 2 aromatic carbocycles. The Hall–Kier alpha value is -4.01. The lowest BCUT2D eigenvalue weighted by Crippen LogP contribution is -2.47. The Bertz CT molecular complexity index is 1510. The predicted octanol–water partition coefficient (Wildman–Crippen LogP) is 4.87. The van der Waals surface area contributed by atoms with Gasteiger partial charge in [-0.2, -0.15) is 0 Å². The van der Waals surface area contributed by atoms with E-state index in [1.807, 2.05) is 0 Å². The predicted molar refractivity (Wildman–Crippen MR) is 149 cm³/mol. The molecule has 250 valence electrons. The van der Waals surface area contributed by atoms with Crippen molar-refractivity contribution < 1.29 is 60.3 Å². The fourth-order valence-electron chi connectivity index (χ4n) is 6.58. The van der Waals surface area contributed by atoms with Gasteiger partial charge in [-0.1, -0.05) is 0 Å². The van der Waals surface area contributed by atoms with Gasteiger partial charge in [0.25, 0.3) is 0 Å². The van der Waals surface area contributed by atoms with E-state index < -0.39 is 48.0 Å². The first-order valence-corrected chi connectivity index (χ1v) is 15.0. The molecule has 1 fully saturated rings. The van der Waals surface area contributed by atoms with Gasteiger partial charge in [0.05, 0.1) is 12.1 Å². The Balaban J connectivity index is 1.22. The van der Waals surface area contributed by atoms with Crippen LogP contribution in [0.4, 0.5) is 22.0 Å². The summed E-state index contributed by atoms with van der Waals surface area (Å²) in [6, 6.07) is 5.53. The number of hydrogen-bond donors (Lipinski definition) is 3. The van der Waals surface area contributed by atoms with E-state index in [0.717, 1.165) is 12.1 Å². The standard InChI is InChI=1S/C31H33F5N2O8/c1-15(39)13-37-27(40)17-5-3-16(4-6-17)22-11-21(19-8-7-18(9-23(19)43-22)44-30(32,33)34)38-28(41)29(2)14-42-24-12-26-25(10-20(24)29)45-31(35,36)46-26/h7-10,12,15-17,21-22,39H,3-6,11,13-14H2,1-2H3,(H,37,40)(H,38,41)/t15?,16?,17?,21-,22-,29+/m1/s1. The largest absolute Gasteiger partial charge is 0.586 e. The number of aliphatic hydroxyl groups excluding tert-OH is 1. The van der Waals surface area contributed by atoms with Crippen LogP contribution in [0.25, 0.3) is 0 Å². The van der Waals surface area contributed by atoms with Gasteiger partial charge in [0.2, 0.25) is 11.8 Å². The zero-order valence-corrected chi connectivity index (χ0v) is 24.9. The molecule has 1 saturated carbocycles. The van der Waals surface area contributed by atoms with Crippen molar-refractivity contribution in [2.45, 2.75) is 82.3 Å². The summed E-state index contributed by atoms with van der Waals surface area (Å²) in [5.74, 6) is -1.58. The van der Waals surface area contributed by atoms with Gasteiger partial charge in [0, 0.05) is 42.1 Å². The average Bonchev–Trinajstić information content (AvgIpc) is 3.47. The molecule has 0 radical (unpaired) electrons. The van der Waals surface area contributed by atoms with Crippen LogP contribution in [0.5, 0.6) is 28.7 Å². The van der Waals surface area contributed by atoms with Gasteiger partial charge in [-0.05, 0) is 63.6 Å². The van der Waals surface area contributed by atoms with E-state index >= 15 is 0 Å². The Morgan fingerprint density at radius 1 is 1.04 bits per heavy atom. The van der Waals surface area contributed by atoms with Crippen molar-refractivity contribution in [2.75, 3.05) is 13.2 Å². The van der Waals surface area contributed by atoms with Crippen molar-refractivity contribution in [3.05, 3.63) is 41.5 Å². The summed E-state index contributed by atoms with van der Waals surface area (Å²) in [5.41, 5.74) is -0.565. The molecule has 0 saturated heterocycles. The Kier molecular flexibility index (Phi) is 8.10. The molecule has 1 unspecified atom stereocenters. The summed E-state index contributed by atoms with van der Waals surface area (Å²) < 4.78 is 91.5. The molecule has 46 heavy (non-hydrogen) atoms. The Morgan fingerprint density at radius 2 is 1.74 bits per heavy atom. The average molecular weight is 657 g/mol. The van der Waals surface area contributed by atoms with E-state index in [1.54, 1.807) is 13.8 Å². The van der Waals surface area contributed by atoms with Crippen LogP contribution in [0, 0.1) is 11.8 Å². The quantitative estimate of drug-likeness (QED) is 0.361. The molecule has 0 aromatic heterocycles. The molecule has 2 amide bonds. The van der Waals surface area contributed by atoms with Gasteiger partial charge in [0.15, 0.2) is 11.5 Å². The van der Waals surface area contributed by atoms with Gasteiger partial charge in [0.1, 0.15) is 35.4 Å². The van der Waals surface area contributed by atoms with Crippen LogP contribution in [0.2, 0.25) is 0 Å². The summed E-state index contributed by atoms with van der Waals surface area (Å²) in [6.07, 6.45) is -7.36. The number of ether oxygens (including phenoxy) is 5. The highest BCUT2D eigenvalue weighted by atomic mass is 19.4. The highest BCUT2D eigenvalue weighted by molar-refractivity contribution is 5.90. The van der Waals surface area contributed by atoms with Crippen LogP contribution in [0.15, 0.2) is 30.3 Å².